The van der Waals surface area contributed by atoms with E-state index >= 15 is 0 Å². The van der Waals surface area contributed by atoms with E-state index in [4.69, 9.17) is 4.74 Å². The molecule has 4 atom stereocenters. The highest BCUT2D eigenvalue weighted by Crippen LogP contribution is 2.40. The van der Waals surface area contributed by atoms with Gasteiger partial charge in [0, 0.05) is 4.92 Å². The molecule has 8 nitrogen and oxygen atoms in total. The number of halogens is 3. The van der Waals surface area contributed by atoms with Crippen LogP contribution in [-0.2, 0) is 25.3 Å². The number of ether oxygens (including phenoxy) is 1. The van der Waals surface area contributed by atoms with Crippen LogP contribution >= 0.6 is 0 Å². The van der Waals surface area contributed by atoms with Crippen molar-refractivity contribution in [3.8, 4) is 0 Å². The highest BCUT2D eigenvalue weighted by molar-refractivity contribution is 5.99. The molecular formula is C18H20F3NO7. The van der Waals surface area contributed by atoms with E-state index in [1.165, 1.54) is 6.92 Å². The molecule has 0 saturated carbocycles. The molecule has 0 aliphatic carbocycles. The summed E-state index contributed by atoms with van der Waals surface area (Å²) in [4.78, 5) is 46.4. The number of hydrogen-bond donors (Lipinski definition) is 1. The van der Waals surface area contributed by atoms with Crippen LogP contribution in [0.1, 0.15) is 44.2 Å². The van der Waals surface area contributed by atoms with Gasteiger partial charge in [0.2, 0.25) is 0 Å². The smallest absolute Gasteiger partial charge is 0.416 e. The molecule has 0 aromatic heterocycles. The van der Waals surface area contributed by atoms with Gasteiger partial charge in [-0.05, 0) is 31.9 Å². The van der Waals surface area contributed by atoms with Gasteiger partial charge in [-0.2, -0.15) is 13.2 Å². The molecule has 4 unspecified atom stereocenters. The molecule has 0 aliphatic rings. The van der Waals surface area contributed by atoms with E-state index in [2.05, 4.69) is 0 Å². The predicted molar refractivity (Wildman–Crippen MR) is 92.6 cm³/mol. The molecule has 0 heterocycles. The third-order valence-corrected chi connectivity index (χ3v) is 4.39. The van der Waals surface area contributed by atoms with Crippen molar-refractivity contribution in [2.75, 3.05) is 0 Å². The zero-order chi connectivity index (χ0) is 22.5. The Labute approximate surface area is 163 Å². The van der Waals surface area contributed by atoms with Crippen molar-refractivity contribution in [2.45, 2.75) is 51.4 Å². The molecule has 0 spiro atoms. The number of esters is 1. The Bertz CT molecular complexity index is 780. The van der Waals surface area contributed by atoms with Crippen molar-refractivity contribution in [1.82, 2.24) is 0 Å². The molecule has 0 fully saturated rings. The molecule has 1 aromatic rings. The number of carboxylic acids is 1. The molecule has 29 heavy (non-hydrogen) atoms. The van der Waals surface area contributed by atoms with Gasteiger partial charge in [0.25, 0.3) is 0 Å². The molecule has 1 N–H and O–H groups in total. The number of alkyl halides is 3. The fraction of sp³-hybridized carbons (Fsp3) is 0.500. The quantitative estimate of drug-likeness (QED) is 0.282. The molecule has 0 amide bonds. The van der Waals surface area contributed by atoms with Crippen LogP contribution in [0.15, 0.2) is 24.3 Å². The van der Waals surface area contributed by atoms with Gasteiger partial charge < -0.3 is 9.84 Å². The van der Waals surface area contributed by atoms with E-state index in [0.29, 0.717) is 12.5 Å². The molecule has 0 saturated heterocycles. The standard InChI is InChI=1S/C18H20F3NO7/c1-4-9(2)29-17(26)13(10(3)23)14(15(16(24)25)22(27)28)11-7-5-6-8-12(11)18(19,20)21/h5-9,13-15H,4H2,1-3H3,(H,24,25). The summed E-state index contributed by atoms with van der Waals surface area (Å²) < 4.78 is 45.5. The van der Waals surface area contributed by atoms with Crippen molar-refractivity contribution < 1.29 is 42.3 Å². The number of Topliss-reactive ketones (excluding diaryl/α,β-unsaturated/α-hetero) is 1. The predicted octanol–water partition coefficient (Wildman–Crippen LogP) is 3.07. The molecule has 1 aromatic carbocycles. The highest BCUT2D eigenvalue weighted by atomic mass is 19.4. The largest absolute Gasteiger partial charge is 0.476 e. The van der Waals surface area contributed by atoms with Gasteiger partial charge in [0.15, 0.2) is 0 Å². The minimum atomic E-state index is -5.00. The van der Waals surface area contributed by atoms with E-state index in [0.717, 1.165) is 25.1 Å². The van der Waals surface area contributed by atoms with E-state index in [9.17, 15) is 42.8 Å². The molecule has 11 heteroatoms. The highest BCUT2D eigenvalue weighted by Gasteiger charge is 2.52. The fourth-order valence-corrected chi connectivity index (χ4v) is 2.87. The summed E-state index contributed by atoms with van der Waals surface area (Å²) >= 11 is 0. The van der Waals surface area contributed by atoms with Crippen LogP contribution in [0, 0.1) is 16.0 Å². The first-order valence-corrected chi connectivity index (χ1v) is 8.56. The number of ketones is 1. The van der Waals surface area contributed by atoms with Gasteiger partial charge in [0.05, 0.1) is 17.6 Å². The lowest BCUT2D eigenvalue weighted by Gasteiger charge is -2.28. The number of hydrogen-bond acceptors (Lipinski definition) is 6. The monoisotopic (exact) mass is 419 g/mol. The van der Waals surface area contributed by atoms with Crippen LogP contribution in [0.25, 0.3) is 0 Å². The van der Waals surface area contributed by atoms with Crippen LogP contribution in [0.4, 0.5) is 13.2 Å². The third-order valence-electron chi connectivity index (χ3n) is 4.39. The lowest BCUT2D eigenvalue weighted by molar-refractivity contribution is -0.515. The summed E-state index contributed by atoms with van der Waals surface area (Å²) in [6.45, 7) is 3.93. The first-order chi connectivity index (χ1) is 13.3. The number of benzene rings is 1. The van der Waals surface area contributed by atoms with E-state index < -0.39 is 63.9 Å². The van der Waals surface area contributed by atoms with Gasteiger partial charge in [-0.15, -0.1) is 0 Å². The van der Waals surface area contributed by atoms with E-state index in [1.807, 2.05) is 0 Å². The van der Waals surface area contributed by atoms with Crippen LogP contribution in [0.2, 0.25) is 0 Å². The maximum atomic E-state index is 13.5. The molecule has 0 aliphatic heterocycles. The van der Waals surface area contributed by atoms with Crippen molar-refractivity contribution in [1.29, 1.82) is 0 Å². The summed E-state index contributed by atoms with van der Waals surface area (Å²) in [7, 11) is 0. The number of carbonyl (C=O) groups excluding carboxylic acids is 2. The Hall–Kier alpha value is -2.98. The molecule has 160 valence electrons. The van der Waals surface area contributed by atoms with Gasteiger partial charge in [-0.3, -0.25) is 19.7 Å². The number of rotatable bonds is 9. The van der Waals surface area contributed by atoms with Gasteiger partial charge in [-0.25, -0.2) is 4.79 Å². The van der Waals surface area contributed by atoms with Gasteiger partial charge in [0.1, 0.15) is 11.7 Å². The molecule has 0 radical (unpaired) electrons. The van der Waals surface area contributed by atoms with Crippen molar-refractivity contribution >= 4 is 17.7 Å². The van der Waals surface area contributed by atoms with Crippen LogP contribution in [0.3, 0.4) is 0 Å². The second-order valence-electron chi connectivity index (χ2n) is 6.42. The summed E-state index contributed by atoms with van der Waals surface area (Å²) in [6.07, 6.45) is -5.43. The van der Waals surface area contributed by atoms with Crippen molar-refractivity contribution in [2.24, 2.45) is 5.92 Å². The van der Waals surface area contributed by atoms with Crippen LogP contribution < -0.4 is 0 Å². The second-order valence-corrected chi connectivity index (χ2v) is 6.42. The number of aliphatic carboxylic acids is 1. The Morgan fingerprint density at radius 1 is 1.24 bits per heavy atom. The average molecular weight is 419 g/mol. The fourth-order valence-electron chi connectivity index (χ4n) is 2.87. The van der Waals surface area contributed by atoms with Crippen LogP contribution in [-0.4, -0.2) is 39.9 Å². The third kappa shape index (κ3) is 5.75. The lowest BCUT2D eigenvalue weighted by atomic mass is 9.76. The van der Waals surface area contributed by atoms with E-state index in [-0.39, 0.29) is 0 Å². The molecule has 0 bridgehead atoms. The Balaban J connectivity index is 3.78. The Morgan fingerprint density at radius 3 is 2.21 bits per heavy atom. The zero-order valence-electron chi connectivity index (χ0n) is 15.8. The lowest BCUT2D eigenvalue weighted by Crippen LogP contribution is -2.45. The Kier molecular flexibility index (Phi) is 7.87. The first kappa shape index (κ1) is 24.1. The maximum Gasteiger partial charge on any atom is 0.416 e. The minimum Gasteiger partial charge on any atom is -0.476 e. The summed E-state index contributed by atoms with van der Waals surface area (Å²) in [5.74, 6) is -8.79. The normalized spacial score (nSPS) is 15.7. The summed E-state index contributed by atoms with van der Waals surface area (Å²) in [5.41, 5.74) is -2.22. The van der Waals surface area contributed by atoms with Crippen molar-refractivity contribution in [3.63, 3.8) is 0 Å². The Morgan fingerprint density at radius 2 is 1.79 bits per heavy atom. The average Bonchev–Trinajstić information content (AvgIpc) is 2.59. The zero-order valence-corrected chi connectivity index (χ0v) is 15.8. The maximum absolute atomic E-state index is 13.5. The second kappa shape index (κ2) is 9.48. The van der Waals surface area contributed by atoms with Gasteiger partial charge >= 0.3 is 24.2 Å². The topological polar surface area (TPSA) is 124 Å². The summed E-state index contributed by atoms with van der Waals surface area (Å²) in [5, 5.41) is 20.7. The van der Waals surface area contributed by atoms with E-state index in [1.54, 1.807) is 6.92 Å². The van der Waals surface area contributed by atoms with Crippen molar-refractivity contribution in [3.05, 3.63) is 45.5 Å². The first-order valence-electron chi connectivity index (χ1n) is 8.56. The van der Waals surface area contributed by atoms with Crippen LogP contribution in [0.5, 0.6) is 0 Å². The SMILES string of the molecule is CCC(C)OC(=O)C(C(C)=O)C(c1ccccc1C(F)(F)F)C(C(=O)O)[N+](=O)[O-]. The number of carboxylic acid groups (broad SMARTS) is 1. The minimum absolute atomic E-state index is 0.303. The number of carbonyl (C=O) groups is 3. The molecule has 1 rings (SSSR count). The van der Waals surface area contributed by atoms with Gasteiger partial charge in [-0.1, -0.05) is 25.1 Å². The molecular weight excluding hydrogens is 399 g/mol. The summed E-state index contributed by atoms with van der Waals surface area (Å²) in [6, 6.07) is 0.841. The number of nitrogens with zero attached hydrogens (tertiary/aromatic N) is 1. The number of nitro groups is 1.